The second-order valence-electron chi connectivity index (χ2n) is 9.33. The molecule has 2 heterocycles. The largest absolute Gasteiger partial charge is 0.493 e. The van der Waals surface area contributed by atoms with Crippen molar-refractivity contribution in [1.29, 1.82) is 0 Å². The number of hydrogen-bond donors (Lipinski definition) is 0. The van der Waals surface area contributed by atoms with Crippen LogP contribution >= 0.6 is 0 Å². The van der Waals surface area contributed by atoms with Crippen LogP contribution in [0.2, 0.25) is 0 Å². The zero-order valence-electron chi connectivity index (χ0n) is 19.5. The summed E-state index contributed by atoms with van der Waals surface area (Å²) in [5.74, 6) is 0.987. The molecule has 1 aromatic rings. The van der Waals surface area contributed by atoms with Crippen molar-refractivity contribution in [3.8, 4) is 5.75 Å². The van der Waals surface area contributed by atoms with Crippen molar-refractivity contribution in [1.82, 2.24) is 4.90 Å². The first kappa shape index (κ1) is 23.9. The van der Waals surface area contributed by atoms with Crippen LogP contribution in [0.1, 0.15) is 58.4 Å². The number of oxime groups is 1. The summed E-state index contributed by atoms with van der Waals surface area (Å²) in [6, 6.07) is 7.83. The maximum absolute atomic E-state index is 12.2. The van der Waals surface area contributed by atoms with Gasteiger partial charge < -0.3 is 23.9 Å². The topological polar surface area (TPSA) is 86.7 Å². The van der Waals surface area contributed by atoms with Crippen LogP contribution in [0.3, 0.4) is 0 Å². The number of piperidine rings is 1. The lowest BCUT2D eigenvalue weighted by Crippen LogP contribution is -2.42. The summed E-state index contributed by atoms with van der Waals surface area (Å²) < 4.78 is 16.1. The molecule has 0 N–H and O–H groups in total. The minimum Gasteiger partial charge on any atom is -0.493 e. The molecule has 8 nitrogen and oxygen atoms in total. The van der Waals surface area contributed by atoms with Crippen LogP contribution in [0.5, 0.6) is 5.75 Å². The summed E-state index contributed by atoms with van der Waals surface area (Å²) in [7, 11) is 1.39. The molecule has 32 heavy (non-hydrogen) atoms. The van der Waals surface area contributed by atoms with E-state index in [0.717, 1.165) is 29.9 Å². The van der Waals surface area contributed by atoms with Crippen LogP contribution in [-0.2, 0) is 19.1 Å². The summed E-state index contributed by atoms with van der Waals surface area (Å²) in [5.41, 5.74) is 1.40. The lowest BCUT2D eigenvalue weighted by molar-refractivity contribution is -0.141. The van der Waals surface area contributed by atoms with Crippen LogP contribution in [0.25, 0.3) is 0 Å². The van der Waals surface area contributed by atoms with E-state index in [1.807, 2.05) is 45.0 Å². The maximum Gasteiger partial charge on any atom is 0.410 e. The Balaban J connectivity index is 1.39. The second kappa shape index (κ2) is 10.7. The molecule has 0 spiro atoms. The number of nitrogens with zero attached hydrogens (tertiary/aromatic N) is 2. The van der Waals surface area contributed by atoms with Gasteiger partial charge in [-0.1, -0.05) is 5.16 Å². The predicted octanol–water partition coefficient (Wildman–Crippen LogP) is 4.16. The number of amides is 1. The fraction of sp³-hybridized carbons (Fsp3) is 0.625. The molecule has 176 valence electrons. The third kappa shape index (κ3) is 7.14. The number of carbonyl (C=O) groups is 2. The average Bonchev–Trinajstić information content (AvgIpc) is 3.24. The number of esters is 1. The van der Waals surface area contributed by atoms with Crippen molar-refractivity contribution in [2.45, 2.75) is 64.6 Å². The summed E-state index contributed by atoms with van der Waals surface area (Å²) in [6.45, 7) is 7.66. The molecule has 0 saturated carbocycles. The smallest absolute Gasteiger partial charge is 0.410 e. The first-order valence-electron chi connectivity index (χ1n) is 11.2. The van der Waals surface area contributed by atoms with Gasteiger partial charge in [-0.2, -0.15) is 0 Å². The van der Waals surface area contributed by atoms with Crippen LogP contribution in [0.15, 0.2) is 29.4 Å². The molecular formula is C24H34N2O6. The van der Waals surface area contributed by atoms with Gasteiger partial charge in [0.1, 0.15) is 17.5 Å². The molecule has 0 unspecified atom stereocenters. The van der Waals surface area contributed by atoms with E-state index >= 15 is 0 Å². The molecule has 1 atom stereocenters. The van der Waals surface area contributed by atoms with E-state index in [1.165, 1.54) is 7.11 Å². The fourth-order valence-electron chi connectivity index (χ4n) is 3.70. The van der Waals surface area contributed by atoms with Gasteiger partial charge in [0.05, 0.1) is 19.4 Å². The van der Waals surface area contributed by atoms with Gasteiger partial charge in [0.15, 0.2) is 0 Å². The number of likely N-dealkylation sites (tertiary alicyclic amines) is 1. The number of hydrogen-bond acceptors (Lipinski definition) is 7. The Morgan fingerprint density at radius 1 is 1.16 bits per heavy atom. The minimum absolute atomic E-state index is 0.0911. The van der Waals surface area contributed by atoms with Crippen LogP contribution < -0.4 is 4.74 Å². The normalized spacial score (nSPS) is 19.2. The van der Waals surface area contributed by atoms with Crippen molar-refractivity contribution in [2.75, 3.05) is 26.8 Å². The maximum atomic E-state index is 12.2. The highest BCUT2D eigenvalue weighted by atomic mass is 16.6. The van der Waals surface area contributed by atoms with E-state index in [1.54, 1.807) is 4.90 Å². The second-order valence-corrected chi connectivity index (χ2v) is 9.33. The quantitative estimate of drug-likeness (QED) is 0.585. The Bertz CT molecular complexity index is 807. The lowest BCUT2D eigenvalue weighted by Gasteiger charge is -2.33. The lowest BCUT2D eigenvalue weighted by atomic mass is 9.98. The van der Waals surface area contributed by atoms with Gasteiger partial charge in [-0.25, -0.2) is 4.79 Å². The van der Waals surface area contributed by atoms with Crippen molar-refractivity contribution in [2.24, 2.45) is 11.1 Å². The number of rotatable bonds is 7. The molecule has 0 aromatic heterocycles. The first-order valence-corrected chi connectivity index (χ1v) is 11.2. The molecule has 1 fully saturated rings. The van der Waals surface area contributed by atoms with Gasteiger partial charge in [-0.05, 0) is 75.8 Å². The Morgan fingerprint density at radius 2 is 1.84 bits per heavy atom. The molecule has 0 radical (unpaired) electrons. The molecular weight excluding hydrogens is 412 g/mol. The van der Waals surface area contributed by atoms with E-state index in [2.05, 4.69) is 9.89 Å². The average molecular weight is 447 g/mol. The zero-order valence-corrected chi connectivity index (χ0v) is 19.5. The molecule has 3 rings (SSSR count). The van der Waals surface area contributed by atoms with Gasteiger partial charge in [0.2, 0.25) is 0 Å². The molecule has 2 aliphatic heterocycles. The van der Waals surface area contributed by atoms with Gasteiger partial charge in [-0.15, -0.1) is 0 Å². The number of carbonyl (C=O) groups excluding carboxylic acids is 2. The van der Waals surface area contributed by atoms with Crippen LogP contribution in [0.4, 0.5) is 4.79 Å². The monoisotopic (exact) mass is 446 g/mol. The molecule has 1 aromatic carbocycles. The Kier molecular flexibility index (Phi) is 7.99. The Labute approximate surface area is 189 Å². The van der Waals surface area contributed by atoms with E-state index in [-0.39, 0.29) is 18.2 Å². The summed E-state index contributed by atoms with van der Waals surface area (Å²) in [5, 5.41) is 4.16. The van der Waals surface area contributed by atoms with E-state index in [4.69, 9.17) is 14.3 Å². The molecule has 2 aliphatic rings. The predicted molar refractivity (Wildman–Crippen MR) is 120 cm³/mol. The molecule has 1 amide bonds. The van der Waals surface area contributed by atoms with Gasteiger partial charge in [0, 0.05) is 25.9 Å². The van der Waals surface area contributed by atoms with Gasteiger partial charge in [-0.3, -0.25) is 4.79 Å². The van der Waals surface area contributed by atoms with E-state index in [0.29, 0.717) is 44.9 Å². The third-order valence-electron chi connectivity index (χ3n) is 5.57. The zero-order chi connectivity index (χ0) is 23.1. The van der Waals surface area contributed by atoms with Crippen LogP contribution in [-0.4, -0.2) is 61.2 Å². The SMILES string of the molecule is COC(=O)CC[C@@H]1CC(c2ccc(OCC3CCN(C(=O)OC(C)(C)C)CC3)cc2)=NO1. The van der Waals surface area contributed by atoms with Crippen LogP contribution in [0, 0.1) is 5.92 Å². The minimum atomic E-state index is -0.469. The highest BCUT2D eigenvalue weighted by Crippen LogP contribution is 2.24. The Hall–Kier alpha value is -2.77. The summed E-state index contributed by atoms with van der Waals surface area (Å²) in [6.07, 6.45) is 3.07. The number of methoxy groups -OCH3 is 1. The number of benzene rings is 1. The summed E-state index contributed by atoms with van der Waals surface area (Å²) >= 11 is 0. The first-order chi connectivity index (χ1) is 15.2. The fourth-order valence-corrected chi connectivity index (χ4v) is 3.70. The standard InChI is InChI=1S/C24H34N2O6/c1-24(2,3)31-23(28)26-13-11-17(12-14-26)16-30-19-7-5-18(6-8-19)21-15-20(32-25-21)9-10-22(27)29-4/h5-8,17,20H,9-16H2,1-4H3/t20-/m1/s1. The van der Waals surface area contributed by atoms with Crippen molar-refractivity contribution in [3.63, 3.8) is 0 Å². The van der Waals surface area contributed by atoms with Crippen molar-refractivity contribution in [3.05, 3.63) is 29.8 Å². The van der Waals surface area contributed by atoms with Gasteiger partial charge in [0.25, 0.3) is 0 Å². The summed E-state index contributed by atoms with van der Waals surface area (Å²) in [4.78, 5) is 30.7. The van der Waals surface area contributed by atoms with E-state index in [9.17, 15) is 9.59 Å². The number of ether oxygens (including phenoxy) is 3. The third-order valence-corrected chi connectivity index (χ3v) is 5.57. The highest BCUT2D eigenvalue weighted by Gasteiger charge is 2.27. The molecule has 0 bridgehead atoms. The molecule has 0 aliphatic carbocycles. The van der Waals surface area contributed by atoms with E-state index < -0.39 is 5.60 Å². The van der Waals surface area contributed by atoms with Crippen molar-refractivity contribution < 1.29 is 28.6 Å². The molecule has 8 heteroatoms. The Morgan fingerprint density at radius 3 is 2.47 bits per heavy atom. The van der Waals surface area contributed by atoms with Crippen molar-refractivity contribution >= 4 is 17.8 Å². The van der Waals surface area contributed by atoms with Gasteiger partial charge >= 0.3 is 12.1 Å². The highest BCUT2D eigenvalue weighted by molar-refractivity contribution is 6.01. The molecule has 1 saturated heterocycles.